The van der Waals surface area contributed by atoms with Crippen LogP contribution in [-0.2, 0) is 19.6 Å². The van der Waals surface area contributed by atoms with Crippen molar-refractivity contribution in [2.24, 2.45) is 0 Å². The Morgan fingerprint density at radius 1 is 1.00 bits per heavy atom. The zero-order valence-electron chi connectivity index (χ0n) is 17.4. The average molecular weight is 409 g/mol. The highest BCUT2D eigenvalue weighted by atomic mass is 32.2. The molecule has 1 atom stereocenters. The third-order valence-corrected chi connectivity index (χ3v) is 3.95. The molecule has 0 bridgehead atoms. The first-order valence-corrected chi connectivity index (χ1v) is 11.9. The van der Waals surface area contributed by atoms with E-state index in [0.717, 1.165) is 38.5 Å². The van der Waals surface area contributed by atoms with Crippen molar-refractivity contribution in [2.75, 3.05) is 13.4 Å². The van der Waals surface area contributed by atoms with Crippen LogP contribution in [0.15, 0.2) is 12.2 Å². The van der Waals surface area contributed by atoms with E-state index in [-0.39, 0.29) is 12.1 Å². The van der Waals surface area contributed by atoms with Gasteiger partial charge in [-0.05, 0) is 32.1 Å². The second-order valence-corrected chi connectivity index (χ2v) is 8.29. The molecule has 0 aliphatic carbocycles. The highest BCUT2D eigenvalue weighted by Gasteiger charge is 2.01. The molecule has 0 spiro atoms. The van der Waals surface area contributed by atoms with E-state index in [4.69, 9.17) is 4.55 Å². The number of methoxy groups -OCH3 is 1. The van der Waals surface area contributed by atoms with E-state index >= 15 is 0 Å². The number of aliphatic hydroxyl groups excluding tert-OH is 1. The molecule has 0 amide bonds. The Bertz CT molecular complexity index is 451. The minimum absolute atomic E-state index is 0.101. The quantitative estimate of drug-likeness (QED) is 0.177. The van der Waals surface area contributed by atoms with Crippen LogP contribution in [0.2, 0.25) is 0 Å². The molecule has 0 aliphatic heterocycles. The van der Waals surface area contributed by atoms with E-state index in [2.05, 4.69) is 23.8 Å². The molecule has 0 saturated heterocycles. The van der Waals surface area contributed by atoms with Crippen molar-refractivity contribution < 1.29 is 27.6 Å². The van der Waals surface area contributed by atoms with Gasteiger partial charge in [0.1, 0.15) is 0 Å². The maximum atomic E-state index is 10.9. The molecule has 1 unspecified atom stereocenters. The second kappa shape index (κ2) is 19.8. The lowest BCUT2D eigenvalue weighted by Crippen LogP contribution is -2.04. The topological polar surface area (TPSA) is 101 Å². The van der Waals surface area contributed by atoms with E-state index in [1.54, 1.807) is 0 Å². The monoisotopic (exact) mass is 408 g/mol. The van der Waals surface area contributed by atoms with Gasteiger partial charge in [-0.25, -0.2) is 0 Å². The maximum absolute atomic E-state index is 10.9. The van der Waals surface area contributed by atoms with Crippen LogP contribution in [0.25, 0.3) is 0 Å². The molecule has 0 radical (unpaired) electrons. The molecule has 162 valence electrons. The highest BCUT2D eigenvalue weighted by molar-refractivity contribution is 7.85. The van der Waals surface area contributed by atoms with Gasteiger partial charge in [0.2, 0.25) is 0 Å². The Morgan fingerprint density at radius 2 is 1.56 bits per heavy atom. The van der Waals surface area contributed by atoms with E-state index < -0.39 is 10.1 Å². The number of rotatable bonds is 15. The largest absolute Gasteiger partial charge is 0.469 e. The first kappa shape index (κ1) is 28.3. The van der Waals surface area contributed by atoms with Crippen molar-refractivity contribution in [1.82, 2.24) is 0 Å². The van der Waals surface area contributed by atoms with Crippen LogP contribution in [0.1, 0.15) is 90.4 Å². The van der Waals surface area contributed by atoms with Gasteiger partial charge >= 0.3 is 5.97 Å². The minimum Gasteiger partial charge on any atom is -0.469 e. The van der Waals surface area contributed by atoms with Crippen LogP contribution < -0.4 is 0 Å². The van der Waals surface area contributed by atoms with Gasteiger partial charge in [-0.1, -0.05) is 64.0 Å². The van der Waals surface area contributed by atoms with E-state index in [9.17, 15) is 18.3 Å². The fraction of sp³-hybridized carbons (Fsp3) is 0.850. The Balaban J connectivity index is 0. The highest BCUT2D eigenvalue weighted by Crippen LogP contribution is 2.10. The summed E-state index contributed by atoms with van der Waals surface area (Å²) in [6, 6.07) is 0. The third-order valence-electron chi connectivity index (χ3n) is 3.95. The number of unbranched alkanes of at least 4 members (excludes halogenated alkanes) is 8. The SMILES string of the molecule is CCCCCCC(O)C/C=C\CCCCCCCC(=O)OC.CS(=O)(=O)O. The summed E-state index contributed by atoms with van der Waals surface area (Å²) >= 11 is 0. The van der Waals surface area contributed by atoms with Crippen molar-refractivity contribution in [3.63, 3.8) is 0 Å². The average Bonchev–Trinajstić information content (AvgIpc) is 2.58. The van der Waals surface area contributed by atoms with Crippen molar-refractivity contribution in [3.05, 3.63) is 12.2 Å². The van der Waals surface area contributed by atoms with Gasteiger partial charge in [0.05, 0.1) is 19.5 Å². The molecule has 7 heteroatoms. The molecular formula is C20H40O6S. The van der Waals surface area contributed by atoms with Crippen molar-refractivity contribution in [1.29, 1.82) is 0 Å². The smallest absolute Gasteiger partial charge is 0.305 e. The number of carbonyl (C=O) groups excluding carboxylic acids is 1. The molecule has 0 aliphatic rings. The standard InChI is InChI=1S/C19H36O3.CH4O3S/c1-3-4-5-12-15-18(20)16-13-10-8-6-7-9-11-14-17-19(21)22-2;1-5(2,3)4/h10,13,18,20H,3-9,11-12,14-17H2,1-2H3;1H3,(H,2,3,4)/b13-10-;. The third kappa shape index (κ3) is 33.1. The van der Waals surface area contributed by atoms with Crippen LogP contribution in [0.4, 0.5) is 0 Å². The van der Waals surface area contributed by atoms with Crippen molar-refractivity contribution >= 4 is 16.1 Å². The number of hydrogen-bond donors (Lipinski definition) is 2. The lowest BCUT2D eigenvalue weighted by Gasteiger charge is -2.07. The molecule has 27 heavy (non-hydrogen) atoms. The summed E-state index contributed by atoms with van der Waals surface area (Å²) in [4.78, 5) is 10.9. The molecular weight excluding hydrogens is 368 g/mol. The normalized spacial score (nSPS) is 12.5. The first-order valence-electron chi connectivity index (χ1n) is 10.0. The van der Waals surface area contributed by atoms with Crippen LogP contribution >= 0.6 is 0 Å². The van der Waals surface area contributed by atoms with Gasteiger partial charge in [-0.3, -0.25) is 9.35 Å². The van der Waals surface area contributed by atoms with Gasteiger partial charge in [-0.15, -0.1) is 0 Å². The Morgan fingerprint density at radius 3 is 2.15 bits per heavy atom. The summed E-state index contributed by atoms with van der Waals surface area (Å²) < 4.78 is 30.5. The molecule has 0 aromatic rings. The van der Waals surface area contributed by atoms with E-state index in [0.29, 0.717) is 12.7 Å². The summed E-state index contributed by atoms with van der Waals surface area (Å²) in [5.74, 6) is -0.101. The van der Waals surface area contributed by atoms with Crippen molar-refractivity contribution in [2.45, 2.75) is 96.5 Å². The molecule has 0 fully saturated rings. The van der Waals surface area contributed by atoms with Crippen molar-refractivity contribution in [3.8, 4) is 0 Å². The predicted molar refractivity (Wildman–Crippen MR) is 110 cm³/mol. The molecule has 0 rings (SSSR count). The molecule has 2 N–H and O–H groups in total. The van der Waals surface area contributed by atoms with Gasteiger partial charge in [0, 0.05) is 6.42 Å². The van der Waals surface area contributed by atoms with Crippen LogP contribution in [0.5, 0.6) is 0 Å². The fourth-order valence-electron chi connectivity index (χ4n) is 2.46. The first-order chi connectivity index (χ1) is 12.7. The van der Waals surface area contributed by atoms with Crippen LogP contribution in [-0.4, -0.2) is 43.5 Å². The number of allylic oxidation sites excluding steroid dienone is 1. The van der Waals surface area contributed by atoms with Gasteiger partial charge in [0.25, 0.3) is 10.1 Å². The molecule has 0 aromatic heterocycles. The molecule has 0 heterocycles. The van der Waals surface area contributed by atoms with Gasteiger partial charge in [0.15, 0.2) is 0 Å². The molecule has 6 nitrogen and oxygen atoms in total. The zero-order valence-corrected chi connectivity index (χ0v) is 18.2. The molecule has 0 aromatic carbocycles. The number of carbonyl (C=O) groups is 1. The predicted octanol–water partition coefficient (Wildman–Crippen LogP) is 4.67. The Kier molecular flexibility index (Phi) is 20.8. The lowest BCUT2D eigenvalue weighted by atomic mass is 10.1. The summed E-state index contributed by atoms with van der Waals surface area (Å²) in [7, 11) is -2.23. The summed E-state index contributed by atoms with van der Waals surface area (Å²) in [5.41, 5.74) is 0. The van der Waals surface area contributed by atoms with Gasteiger partial charge in [-0.2, -0.15) is 8.42 Å². The zero-order chi connectivity index (χ0) is 21.0. The Labute approximate surface area is 166 Å². The lowest BCUT2D eigenvalue weighted by molar-refractivity contribution is -0.140. The number of aliphatic hydroxyl groups is 1. The summed E-state index contributed by atoms with van der Waals surface area (Å²) in [6.45, 7) is 2.21. The van der Waals surface area contributed by atoms with Gasteiger partial charge < -0.3 is 9.84 Å². The van der Waals surface area contributed by atoms with E-state index in [1.807, 2.05) is 0 Å². The van der Waals surface area contributed by atoms with Crippen LogP contribution in [0.3, 0.4) is 0 Å². The molecule has 0 saturated carbocycles. The summed E-state index contributed by atoms with van der Waals surface area (Å²) in [6.07, 6.45) is 18.8. The van der Waals surface area contributed by atoms with E-state index in [1.165, 1.54) is 45.6 Å². The number of ether oxygens (including phenoxy) is 1. The number of hydrogen-bond acceptors (Lipinski definition) is 5. The Hall–Kier alpha value is -0.920. The fourth-order valence-corrected chi connectivity index (χ4v) is 2.46. The second-order valence-electron chi connectivity index (χ2n) is 6.83. The van der Waals surface area contributed by atoms with Crippen LogP contribution in [0, 0.1) is 0 Å². The number of esters is 1. The minimum atomic E-state index is -3.67. The summed E-state index contributed by atoms with van der Waals surface area (Å²) in [5, 5.41) is 9.82. The maximum Gasteiger partial charge on any atom is 0.305 e.